The van der Waals surface area contributed by atoms with Crippen LogP contribution in [0, 0.1) is 0 Å². The fourth-order valence-corrected chi connectivity index (χ4v) is 1.01. The summed E-state index contributed by atoms with van der Waals surface area (Å²) in [7, 11) is 0. The minimum absolute atomic E-state index is 0.0538. The maximum Gasteiger partial charge on any atom is 0.449 e. The SMILES string of the molecule is CC(O)NN(O)C(=O)OCc1ccccc1. The van der Waals surface area contributed by atoms with Crippen LogP contribution < -0.4 is 5.43 Å². The van der Waals surface area contributed by atoms with Crippen molar-refractivity contribution in [3.63, 3.8) is 0 Å². The molecule has 0 saturated heterocycles. The van der Waals surface area contributed by atoms with Gasteiger partial charge in [0.2, 0.25) is 0 Å². The smallest absolute Gasteiger partial charge is 0.442 e. The Hall–Kier alpha value is -1.63. The van der Waals surface area contributed by atoms with Crippen molar-refractivity contribution in [2.75, 3.05) is 0 Å². The fourth-order valence-electron chi connectivity index (χ4n) is 1.01. The van der Waals surface area contributed by atoms with Gasteiger partial charge in [-0.15, -0.1) is 5.17 Å². The van der Waals surface area contributed by atoms with E-state index in [-0.39, 0.29) is 11.8 Å². The second-order valence-electron chi connectivity index (χ2n) is 3.16. The first-order valence-electron chi connectivity index (χ1n) is 4.73. The number of aliphatic hydroxyl groups is 1. The molecule has 6 nitrogen and oxygen atoms in total. The lowest BCUT2D eigenvalue weighted by Gasteiger charge is -2.17. The lowest BCUT2D eigenvalue weighted by molar-refractivity contribution is -0.143. The van der Waals surface area contributed by atoms with Crippen LogP contribution in [-0.2, 0) is 11.3 Å². The topological polar surface area (TPSA) is 82.0 Å². The third kappa shape index (κ3) is 4.26. The van der Waals surface area contributed by atoms with E-state index >= 15 is 0 Å². The number of hydrogen-bond acceptors (Lipinski definition) is 5. The number of nitrogens with one attached hydrogen (secondary N) is 1. The Morgan fingerprint density at radius 1 is 1.50 bits per heavy atom. The third-order valence-electron chi connectivity index (χ3n) is 1.69. The van der Waals surface area contributed by atoms with Gasteiger partial charge in [-0.1, -0.05) is 30.3 Å². The number of benzene rings is 1. The molecule has 0 aromatic heterocycles. The number of hydrogen-bond donors (Lipinski definition) is 3. The lowest BCUT2D eigenvalue weighted by atomic mass is 10.2. The molecule has 0 saturated carbocycles. The Labute approximate surface area is 93.0 Å². The summed E-state index contributed by atoms with van der Waals surface area (Å²) < 4.78 is 4.75. The summed E-state index contributed by atoms with van der Waals surface area (Å²) >= 11 is 0. The normalized spacial score (nSPS) is 11.9. The number of ether oxygens (including phenoxy) is 1. The van der Waals surface area contributed by atoms with E-state index in [4.69, 9.17) is 15.1 Å². The number of carbonyl (C=O) groups excluding carboxylic acids is 1. The second kappa shape index (κ2) is 6.06. The van der Waals surface area contributed by atoms with Gasteiger partial charge >= 0.3 is 6.09 Å². The molecule has 0 aliphatic rings. The van der Waals surface area contributed by atoms with Crippen LogP contribution in [0.5, 0.6) is 0 Å². The molecule has 3 N–H and O–H groups in total. The highest BCUT2D eigenvalue weighted by Gasteiger charge is 2.13. The molecular formula is C10H14N2O4. The number of nitrogens with zero attached hydrogens (tertiary/aromatic N) is 1. The second-order valence-corrected chi connectivity index (χ2v) is 3.16. The molecule has 1 rings (SSSR count). The van der Waals surface area contributed by atoms with E-state index in [2.05, 4.69) is 0 Å². The quantitative estimate of drug-likeness (QED) is 0.403. The fraction of sp³-hybridized carbons (Fsp3) is 0.300. The molecule has 88 valence electrons. The monoisotopic (exact) mass is 226 g/mol. The standard InChI is InChI=1S/C10H14N2O4/c1-8(13)11-12(15)10(14)16-7-9-5-3-2-4-6-9/h2-6,8,11,13,15H,7H2,1H3. The Kier molecular flexibility index (Phi) is 4.71. The molecule has 0 heterocycles. The number of aliphatic hydroxyl groups excluding tert-OH is 1. The van der Waals surface area contributed by atoms with Gasteiger partial charge in [0.05, 0.1) is 0 Å². The third-order valence-corrected chi connectivity index (χ3v) is 1.69. The van der Waals surface area contributed by atoms with Crippen LogP contribution in [0.15, 0.2) is 30.3 Å². The van der Waals surface area contributed by atoms with E-state index in [1.54, 1.807) is 12.1 Å². The Morgan fingerprint density at radius 3 is 2.69 bits per heavy atom. The molecule has 0 aliphatic carbocycles. The van der Waals surface area contributed by atoms with Crippen LogP contribution in [0.1, 0.15) is 12.5 Å². The molecule has 0 aliphatic heterocycles. The zero-order valence-corrected chi connectivity index (χ0v) is 8.83. The molecule has 0 spiro atoms. The van der Waals surface area contributed by atoms with Crippen LogP contribution in [0.25, 0.3) is 0 Å². The summed E-state index contributed by atoms with van der Waals surface area (Å²) in [6, 6.07) is 9.05. The van der Waals surface area contributed by atoms with E-state index < -0.39 is 12.3 Å². The van der Waals surface area contributed by atoms with Crippen LogP contribution in [0.4, 0.5) is 4.79 Å². The largest absolute Gasteiger partial charge is 0.449 e. The lowest BCUT2D eigenvalue weighted by Crippen LogP contribution is -2.45. The molecule has 16 heavy (non-hydrogen) atoms. The summed E-state index contributed by atoms with van der Waals surface area (Å²) in [6.45, 7) is 1.41. The minimum atomic E-state index is -1.05. The van der Waals surface area contributed by atoms with Crippen molar-refractivity contribution in [3.8, 4) is 0 Å². The number of rotatable bonds is 4. The van der Waals surface area contributed by atoms with E-state index in [9.17, 15) is 4.79 Å². The van der Waals surface area contributed by atoms with Crippen LogP contribution >= 0.6 is 0 Å². The summed E-state index contributed by atoms with van der Waals surface area (Å²) in [6.07, 6.45) is -2.03. The van der Waals surface area contributed by atoms with Crippen molar-refractivity contribution >= 4 is 6.09 Å². The molecule has 1 atom stereocenters. The van der Waals surface area contributed by atoms with Gasteiger partial charge < -0.3 is 9.84 Å². The number of carbonyl (C=O) groups is 1. The van der Waals surface area contributed by atoms with Gasteiger partial charge in [-0.05, 0) is 12.5 Å². The van der Waals surface area contributed by atoms with Gasteiger partial charge in [0.25, 0.3) is 0 Å². The van der Waals surface area contributed by atoms with E-state index in [1.165, 1.54) is 6.92 Å². The highest BCUT2D eigenvalue weighted by Crippen LogP contribution is 2.01. The molecule has 0 radical (unpaired) electrons. The molecule has 6 heteroatoms. The van der Waals surface area contributed by atoms with Crippen molar-refractivity contribution in [1.29, 1.82) is 0 Å². The van der Waals surface area contributed by atoms with Gasteiger partial charge in [0, 0.05) is 0 Å². The highest BCUT2D eigenvalue weighted by molar-refractivity contribution is 5.65. The van der Waals surface area contributed by atoms with Gasteiger partial charge in [-0.3, -0.25) is 5.21 Å². The van der Waals surface area contributed by atoms with Crippen LogP contribution in [0.3, 0.4) is 0 Å². The van der Waals surface area contributed by atoms with Crippen molar-refractivity contribution < 1.29 is 19.8 Å². The highest BCUT2D eigenvalue weighted by atomic mass is 16.7. The average molecular weight is 226 g/mol. The molecule has 1 aromatic rings. The first kappa shape index (κ1) is 12.4. The van der Waals surface area contributed by atoms with Gasteiger partial charge in [0.15, 0.2) is 0 Å². The Balaban J connectivity index is 2.35. The minimum Gasteiger partial charge on any atom is -0.442 e. The van der Waals surface area contributed by atoms with Crippen molar-refractivity contribution in [3.05, 3.63) is 35.9 Å². The molecular weight excluding hydrogens is 212 g/mol. The predicted octanol–water partition coefficient (Wildman–Crippen LogP) is 0.857. The molecule has 1 amide bonds. The van der Waals surface area contributed by atoms with Crippen molar-refractivity contribution in [1.82, 2.24) is 10.6 Å². The Bertz CT molecular complexity index is 329. The van der Waals surface area contributed by atoms with Crippen molar-refractivity contribution in [2.45, 2.75) is 19.8 Å². The molecule has 1 aromatic carbocycles. The first-order valence-corrected chi connectivity index (χ1v) is 4.73. The summed E-state index contributed by atoms with van der Waals surface area (Å²) in [4.78, 5) is 11.1. The summed E-state index contributed by atoms with van der Waals surface area (Å²) in [5, 5.41) is 18.0. The Morgan fingerprint density at radius 2 is 2.12 bits per heavy atom. The average Bonchev–Trinajstić information content (AvgIpc) is 2.26. The predicted molar refractivity (Wildman–Crippen MR) is 55.1 cm³/mol. The van der Waals surface area contributed by atoms with Gasteiger partial charge in [0.1, 0.15) is 12.8 Å². The number of amides is 1. The van der Waals surface area contributed by atoms with Crippen molar-refractivity contribution in [2.24, 2.45) is 0 Å². The summed E-state index contributed by atoms with van der Waals surface area (Å²) in [5.74, 6) is 0. The molecule has 0 bridgehead atoms. The zero-order chi connectivity index (χ0) is 12.0. The number of hydroxylamine groups is 1. The maximum atomic E-state index is 11.1. The van der Waals surface area contributed by atoms with Gasteiger partial charge in [-0.25, -0.2) is 4.79 Å². The summed E-state index contributed by atoms with van der Waals surface area (Å²) in [5.41, 5.74) is 2.86. The zero-order valence-electron chi connectivity index (χ0n) is 8.83. The number of hydrazine groups is 1. The van der Waals surface area contributed by atoms with E-state index in [0.717, 1.165) is 5.56 Å². The molecule has 1 unspecified atom stereocenters. The molecule has 0 fully saturated rings. The van der Waals surface area contributed by atoms with Gasteiger partial charge in [-0.2, -0.15) is 5.43 Å². The maximum absolute atomic E-state index is 11.1. The van der Waals surface area contributed by atoms with Crippen LogP contribution in [-0.4, -0.2) is 27.8 Å². The van der Waals surface area contributed by atoms with Crippen LogP contribution in [0.2, 0.25) is 0 Å². The van der Waals surface area contributed by atoms with E-state index in [1.807, 2.05) is 23.6 Å². The van der Waals surface area contributed by atoms with E-state index in [0.29, 0.717) is 0 Å². The first-order chi connectivity index (χ1) is 7.59.